The maximum atomic E-state index is 5.73. The number of azo groups is 1. The Morgan fingerprint density at radius 2 is 1.68 bits per heavy atom. The molecule has 0 radical (unpaired) electrons. The van der Waals surface area contributed by atoms with E-state index in [1.165, 1.54) is 32.1 Å². The van der Waals surface area contributed by atoms with Gasteiger partial charge in [-0.3, -0.25) is 5.10 Å². The number of nitrogens with zero attached hydrogens (tertiary/aromatic N) is 3. The van der Waals surface area contributed by atoms with Gasteiger partial charge in [-0.15, -0.1) is 5.11 Å². The fourth-order valence-corrected chi connectivity index (χ4v) is 2.10. The molecule has 0 bridgehead atoms. The molecule has 22 heavy (non-hydrogen) atoms. The lowest BCUT2D eigenvalue weighted by Gasteiger charge is -2.06. The molecule has 0 aliphatic rings. The maximum absolute atomic E-state index is 5.73. The zero-order chi connectivity index (χ0) is 15.5. The second-order valence-electron chi connectivity index (χ2n) is 5.27. The standard InChI is InChI=1S/C17H24N4O/c1-2-3-4-5-6-7-12-22-17-10-8-15(9-11-17)20-21-16-13-18-19-14-16/h8-11,13-14H,2-7,12H2,1H3,(H,18,19). The van der Waals surface area contributed by atoms with Gasteiger partial charge in [-0.05, 0) is 30.7 Å². The van der Waals surface area contributed by atoms with Gasteiger partial charge in [0.25, 0.3) is 0 Å². The average Bonchev–Trinajstić information content (AvgIpc) is 3.07. The Kier molecular flexibility index (Phi) is 7.15. The Labute approximate surface area is 131 Å². The van der Waals surface area contributed by atoms with E-state index in [0.717, 1.165) is 24.5 Å². The van der Waals surface area contributed by atoms with Crippen molar-refractivity contribution in [2.45, 2.75) is 45.4 Å². The van der Waals surface area contributed by atoms with Gasteiger partial charge in [0.2, 0.25) is 0 Å². The molecule has 0 fully saturated rings. The highest BCUT2D eigenvalue weighted by Crippen LogP contribution is 2.20. The zero-order valence-corrected chi connectivity index (χ0v) is 13.2. The van der Waals surface area contributed by atoms with Gasteiger partial charge in [0, 0.05) is 6.20 Å². The highest BCUT2D eigenvalue weighted by Gasteiger charge is 1.96. The Bertz CT molecular complexity index is 534. The second kappa shape index (κ2) is 9.71. The lowest BCUT2D eigenvalue weighted by atomic mass is 10.1. The molecule has 118 valence electrons. The van der Waals surface area contributed by atoms with Crippen LogP contribution in [0, 0.1) is 0 Å². The topological polar surface area (TPSA) is 62.6 Å². The summed E-state index contributed by atoms with van der Waals surface area (Å²) < 4.78 is 5.73. The van der Waals surface area contributed by atoms with Crippen LogP contribution in [0.15, 0.2) is 46.9 Å². The van der Waals surface area contributed by atoms with E-state index >= 15 is 0 Å². The molecule has 0 aliphatic heterocycles. The SMILES string of the molecule is CCCCCCCCOc1ccc(N=Nc2cn[nH]c2)cc1. The maximum Gasteiger partial charge on any atom is 0.123 e. The van der Waals surface area contributed by atoms with Crippen LogP contribution in [0.5, 0.6) is 5.75 Å². The predicted octanol–water partition coefficient (Wildman–Crippen LogP) is 5.56. The minimum atomic E-state index is 0.711. The average molecular weight is 300 g/mol. The van der Waals surface area contributed by atoms with Crippen molar-refractivity contribution in [2.24, 2.45) is 10.2 Å². The van der Waals surface area contributed by atoms with Gasteiger partial charge >= 0.3 is 0 Å². The van der Waals surface area contributed by atoms with E-state index in [-0.39, 0.29) is 0 Å². The molecular weight excluding hydrogens is 276 g/mol. The Balaban J connectivity index is 1.66. The van der Waals surface area contributed by atoms with Gasteiger partial charge in [0.1, 0.15) is 11.4 Å². The Morgan fingerprint density at radius 3 is 2.41 bits per heavy atom. The first-order valence-electron chi connectivity index (χ1n) is 8.02. The molecule has 0 unspecified atom stereocenters. The third-order valence-electron chi connectivity index (χ3n) is 3.37. The number of H-pyrrole nitrogens is 1. The first-order valence-corrected chi connectivity index (χ1v) is 8.02. The minimum Gasteiger partial charge on any atom is -0.494 e. The van der Waals surface area contributed by atoms with E-state index in [4.69, 9.17) is 4.74 Å². The van der Waals surface area contributed by atoms with Crippen molar-refractivity contribution < 1.29 is 4.74 Å². The molecule has 0 saturated carbocycles. The highest BCUT2D eigenvalue weighted by molar-refractivity contribution is 5.41. The lowest BCUT2D eigenvalue weighted by molar-refractivity contribution is 0.304. The summed E-state index contributed by atoms with van der Waals surface area (Å²) in [5.74, 6) is 0.885. The first-order chi connectivity index (χ1) is 10.9. The minimum absolute atomic E-state index is 0.711. The van der Waals surface area contributed by atoms with Crippen molar-refractivity contribution in [1.29, 1.82) is 0 Å². The number of hydrogen-bond donors (Lipinski definition) is 1. The number of aromatic amines is 1. The summed E-state index contributed by atoms with van der Waals surface area (Å²) in [5.41, 5.74) is 1.51. The van der Waals surface area contributed by atoms with E-state index in [9.17, 15) is 0 Å². The van der Waals surface area contributed by atoms with E-state index < -0.39 is 0 Å². The number of hydrogen-bond acceptors (Lipinski definition) is 4. The zero-order valence-electron chi connectivity index (χ0n) is 13.2. The van der Waals surface area contributed by atoms with Gasteiger partial charge in [-0.1, -0.05) is 39.0 Å². The van der Waals surface area contributed by atoms with E-state index in [1.54, 1.807) is 12.4 Å². The predicted molar refractivity (Wildman–Crippen MR) is 88.1 cm³/mol. The van der Waals surface area contributed by atoms with Crippen LogP contribution >= 0.6 is 0 Å². The molecule has 0 amide bonds. The van der Waals surface area contributed by atoms with Gasteiger partial charge in [0.15, 0.2) is 0 Å². The van der Waals surface area contributed by atoms with Crippen molar-refractivity contribution in [3.63, 3.8) is 0 Å². The highest BCUT2D eigenvalue weighted by atomic mass is 16.5. The molecule has 1 N–H and O–H groups in total. The van der Waals surface area contributed by atoms with Gasteiger partial charge in [-0.25, -0.2) is 0 Å². The summed E-state index contributed by atoms with van der Waals surface area (Å²) in [6.45, 7) is 3.02. The number of benzene rings is 1. The van der Waals surface area contributed by atoms with Crippen molar-refractivity contribution in [1.82, 2.24) is 10.2 Å². The molecule has 0 atom stereocenters. The summed E-state index contributed by atoms with van der Waals surface area (Å²) in [4.78, 5) is 0. The number of rotatable bonds is 10. The summed E-state index contributed by atoms with van der Waals surface area (Å²) in [6.07, 6.45) is 11.0. The van der Waals surface area contributed by atoms with Crippen LogP contribution in [0.4, 0.5) is 11.4 Å². The van der Waals surface area contributed by atoms with Gasteiger partial charge in [-0.2, -0.15) is 10.2 Å². The van der Waals surface area contributed by atoms with Gasteiger partial charge < -0.3 is 4.74 Å². The van der Waals surface area contributed by atoms with Crippen LogP contribution in [0.25, 0.3) is 0 Å². The molecule has 2 rings (SSSR count). The molecule has 0 saturated heterocycles. The molecule has 2 aromatic rings. The largest absolute Gasteiger partial charge is 0.494 e. The Morgan fingerprint density at radius 1 is 0.955 bits per heavy atom. The van der Waals surface area contributed by atoms with Crippen molar-refractivity contribution in [2.75, 3.05) is 6.61 Å². The van der Waals surface area contributed by atoms with Crippen LogP contribution < -0.4 is 4.74 Å². The number of aromatic nitrogens is 2. The molecular formula is C17H24N4O. The van der Waals surface area contributed by atoms with Crippen molar-refractivity contribution >= 4 is 11.4 Å². The molecule has 1 aromatic carbocycles. The Hall–Kier alpha value is -2.17. The van der Waals surface area contributed by atoms with Crippen molar-refractivity contribution in [3.05, 3.63) is 36.7 Å². The van der Waals surface area contributed by atoms with Crippen molar-refractivity contribution in [3.8, 4) is 5.75 Å². The fourth-order valence-electron chi connectivity index (χ4n) is 2.10. The van der Waals surface area contributed by atoms with Crippen LogP contribution in [-0.2, 0) is 0 Å². The molecule has 5 nitrogen and oxygen atoms in total. The van der Waals surface area contributed by atoms with Crippen LogP contribution in [-0.4, -0.2) is 16.8 Å². The summed E-state index contributed by atoms with van der Waals surface area (Å²) in [5, 5.41) is 14.7. The first kappa shape index (κ1) is 16.2. The lowest BCUT2D eigenvalue weighted by Crippen LogP contribution is -1.96. The monoisotopic (exact) mass is 300 g/mol. The quantitative estimate of drug-likeness (QED) is 0.461. The number of ether oxygens (including phenoxy) is 1. The molecule has 0 aliphatic carbocycles. The molecule has 1 aromatic heterocycles. The summed E-state index contributed by atoms with van der Waals surface area (Å²) in [6, 6.07) is 7.67. The normalized spacial score (nSPS) is 11.1. The number of unbranched alkanes of at least 4 members (excludes halogenated alkanes) is 5. The van der Waals surface area contributed by atoms with Crippen LogP contribution in [0.2, 0.25) is 0 Å². The van der Waals surface area contributed by atoms with Gasteiger partial charge in [0.05, 0.1) is 18.5 Å². The molecule has 1 heterocycles. The third kappa shape index (κ3) is 6.08. The number of nitrogens with one attached hydrogen (secondary N) is 1. The van der Waals surface area contributed by atoms with Crippen LogP contribution in [0.1, 0.15) is 45.4 Å². The van der Waals surface area contributed by atoms with Crippen LogP contribution in [0.3, 0.4) is 0 Å². The second-order valence-corrected chi connectivity index (χ2v) is 5.27. The fraction of sp³-hybridized carbons (Fsp3) is 0.471. The summed E-state index contributed by atoms with van der Waals surface area (Å²) >= 11 is 0. The molecule has 0 spiro atoms. The van der Waals surface area contributed by atoms with E-state index in [2.05, 4.69) is 27.3 Å². The smallest absolute Gasteiger partial charge is 0.123 e. The molecule has 5 heteroatoms. The summed E-state index contributed by atoms with van der Waals surface area (Å²) in [7, 11) is 0. The van der Waals surface area contributed by atoms with E-state index in [1.807, 2.05) is 24.3 Å². The van der Waals surface area contributed by atoms with E-state index in [0.29, 0.717) is 5.69 Å². The third-order valence-corrected chi connectivity index (χ3v) is 3.37.